The standard InChI is InChI=1S/C24H22N2O5S/c1-15-3-5-16(6-4-15)20-14-32-24(25-20)26-12-18(11-22(26)28)23(29)31-13-21(27)17-7-9-19(30-2)10-8-17/h3-10,14,18H,11-13H2,1-2H3/t18-/m0/s1. The molecule has 7 nitrogen and oxygen atoms in total. The summed E-state index contributed by atoms with van der Waals surface area (Å²) in [4.78, 5) is 43.3. The molecule has 1 aliphatic heterocycles. The number of benzene rings is 2. The van der Waals surface area contributed by atoms with Gasteiger partial charge in [0.1, 0.15) is 5.75 Å². The Hall–Kier alpha value is -3.52. The van der Waals surface area contributed by atoms with Crippen LogP contribution in [0.25, 0.3) is 11.3 Å². The zero-order valence-electron chi connectivity index (χ0n) is 17.7. The van der Waals surface area contributed by atoms with Crippen LogP contribution in [-0.2, 0) is 14.3 Å². The van der Waals surface area contributed by atoms with Gasteiger partial charge < -0.3 is 9.47 Å². The number of ether oxygens (including phenoxy) is 2. The highest BCUT2D eigenvalue weighted by molar-refractivity contribution is 7.14. The second-order valence-electron chi connectivity index (χ2n) is 7.55. The molecule has 0 aliphatic carbocycles. The molecular weight excluding hydrogens is 428 g/mol. The summed E-state index contributed by atoms with van der Waals surface area (Å²) in [5, 5.41) is 2.45. The lowest BCUT2D eigenvalue weighted by Gasteiger charge is -2.13. The number of anilines is 1. The van der Waals surface area contributed by atoms with Gasteiger partial charge in [0.05, 0.1) is 18.7 Å². The second-order valence-corrected chi connectivity index (χ2v) is 8.38. The van der Waals surface area contributed by atoms with Crippen LogP contribution in [-0.4, -0.2) is 42.9 Å². The normalized spacial score (nSPS) is 15.6. The number of ketones is 1. The fourth-order valence-corrected chi connectivity index (χ4v) is 4.27. The number of esters is 1. The summed E-state index contributed by atoms with van der Waals surface area (Å²) in [6.07, 6.45) is 0.0367. The Bertz CT molecular complexity index is 1140. The third kappa shape index (κ3) is 4.70. The van der Waals surface area contributed by atoms with E-state index in [9.17, 15) is 14.4 Å². The van der Waals surface area contributed by atoms with Gasteiger partial charge in [0.15, 0.2) is 17.5 Å². The Kier molecular flexibility index (Phi) is 6.32. The minimum absolute atomic E-state index is 0.0367. The summed E-state index contributed by atoms with van der Waals surface area (Å²) in [5.74, 6) is -1.05. The number of thiazole rings is 1. The zero-order valence-corrected chi connectivity index (χ0v) is 18.6. The summed E-state index contributed by atoms with van der Waals surface area (Å²) in [7, 11) is 1.54. The van der Waals surface area contributed by atoms with Crippen molar-refractivity contribution in [2.75, 3.05) is 25.2 Å². The molecule has 4 rings (SSSR count). The van der Waals surface area contributed by atoms with Crippen molar-refractivity contribution in [3.8, 4) is 17.0 Å². The van der Waals surface area contributed by atoms with Crippen LogP contribution < -0.4 is 9.64 Å². The predicted octanol–water partition coefficient (Wildman–Crippen LogP) is 3.91. The van der Waals surface area contributed by atoms with Crippen molar-refractivity contribution in [3.63, 3.8) is 0 Å². The molecule has 0 unspecified atom stereocenters. The van der Waals surface area contributed by atoms with Gasteiger partial charge in [-0.25, -0.2) is 4.98 Å². The predicted molar refractivity (Wildman–Crippen MR) is 121 cm³/mol. The van der Waals surface area contributed by atoms with Crippen LogP contribution >= 0.6 is 11.3 Å². The van der Waals surface area contributed by atoms with E-state index >= 15 is 0 Å². The summed E-state index contributed by atoms with van der Waals surface area (Å²) in [5.41, 5.74) is 3.34. The van der Waals surface area contributed by atoms with Gasteiger partial charge in [0, 0.05) is 29.5 Å². The Morgan fingerprint density at radius 3 is 2.53 bits per heavy atom. The molecule has 1 aliphatic rings. The maximum Gasteiger partial charge on any atom is 0.311 e. The number of methoxy groups -OCH3 is 1. The quantitative estimate of drug-likeness (QED) is 0.401. The Labute approximate surface area is 189 Å². The highest BCUT2D eigenvalue weighted by Crippen LogP contribution is 2.32. The first-order valence-electron chi connectivity index (χ1n) is 10.1. The van der Waals surface area contributed by atoms with E-state index in [-0.39, 0.29) is 31.3 Å². The van der Waals surface area contributed by atoms with E-state index in [1.165, 1.54) is 16.2 Å². The smallest absolute Gasteiger partial charge is 0.311 e. The maximum absolute atomic E-state index is 12.5. The van der Waals surface area contributed by atoms with Crippen molar-refractivity contribution in [2.45, 2.75) is 13.3 Å². The topological polar surface area (TPSA) is 85.8 Å². The van der Waals surface area contributed by atoms with E-state index in [0.717, 1.165) is 16.8 Å². The van der Waals surface area contributed by atoms with Gasteiger partial charge >= 0.3 is 5.97 Å². The van der Waals surface area contributed by atoms with Crippen LogP contribution in [0.2, 0.25) is 0 Å². The van der Waals surface area contributed by atoms with E-state index in [2.05, 4.69) is 4.98 Å². The zero-order chi connectivity index (χ0) is 22.7. The summed E-state index contributed by atoms with van der Waals surface area (Å²) in [6, 6.07) is 14.6. The molecule has 1 atom stereocenters. The average molecular weight is 451 g/mol. The van der Waals surface area contributed by atoms with Crippen LogP contribution in [0.4, 0.5) is 5.13 Å². The number of carbonyl (C=O) groups is 3. The molecule has 1 aromatic heterocycles. The van der Waals surface area contributed by atoms with Gasteiger partial charge in [-0.1, -0.05) is 29.8 Å². The molecule has 8 heteroatoms. The number of aryl methyl sites for hydroxylation is 1. The average Bonchev–Trinajstić information content (AvgIpc) is 3.44. The van der Waals surface area contributed by atoms with Gasteiger partial charge in [0.25, 0.3) is 0 Å². The minimum atomic E-state index is -0.627. The number of amides is 1. The molecule has 0 N–H and O–H groups in total. The number of nitrogens with zero attached hydrogens (tertiary/aromatic N) is 2. The molecule has 1 amide bonds. The number of hydrogen-bond acceptors (Lipinski definition) is 7. The number of aromatic nitrogens is 1. The van der Waals surface area contributed by atoms with Crippen molar-refractivity contribution in [1.82, 2.24) is 4.98 Å². The van der Waals surface area contributed by atoms with Crippen LogP contribution in [0.3, 0.4) is 0 Å². The monoisotopic (exact) mass is 450 g/mol. The first-order valence-corrected chi connectivity index (χ1v) is 11.0. The fourth-order valence-electron chi connectivity index (χ4n) is 3.41. The first kappa shape index (κ1) is 21.7. The molecular formula is C24H22N2O5S. The van der Waals surface area contributed by atoms with Crippen molar-refractivity contribution < 1.29 is 23.9 Å². The Balaban J connectivity index is 1.35. The molecule has 164 valence electrons. The van der Waals surface area contributed by atoms with E-state index in [0.29, 0.717) is 16.4 Å². The third-order valence-corrected chi connectivity index (χ3v) is 6.15. The summed E-state index contributed by atoms with van der Waals surface area (Å²) >= 11 is 1.36. The molecule has 2 aromatic carbocycles. The van der Waals surface area contributed by atoms with Gasteiger partial charge in [-0.2, -0.15) is 0 Å². The molecule has 0 radical (unpaired) electrons. The number of rotatable bonds is 7. The SMILES string of the molecule is COc1ccc(C(=O)COC(=O)[C@H]2CC(=O)N(c3nc(-c4ccc(C)cc4)cs3)C2)cc1. The third-order valence-electron chi connectivity index (χ3n) is 5.29. The lowest BCUT2D eigenvalue weighted by molar-refractivity contribution is -0.147. The number of Topliss-reactive ketones (excluding diaryl/α,β-unsaturated/α-hetero) is 1. The van der Waals surface area contributed by atoms with Crippen molar-refractivity contribution in [1.29, 1.82) is 0 Å². The summed E-state index contributed by atoms with van der Waals surface area (Å²) < 4.78 is 10.3. The van der Waals surface area contributed by atoms with Crippen LogP contribution in [0.15, 0.2) is 53.9 Å². The van der Waals surface area contributed by atoms with E-state index in [1.807, 2.05) is 36.6 Å². The molecule has 3 aromatic rings. The fraction of sp³-hybridized carbons (Fsp3) is 0.250. The van der Waals surface area contributed by atoms with Gasteiger partial charge in [-0.05, 0) is 31.2 Å². The van der Waals surface area contributed by atoms with Crippen molar-refractivity contribution in [3.05, 3.63) is 65.0 Å². The van der Waals surface area contributed by atoms with Gasteiger partial charge in [-0.3, -0.25) is 19.3 Å². The highest BCUT2D eigenvalue weighted by atomic mass is 32.1. The molecule has 0 saturated carbocycles. The summed E-state index contributed by atoms with van der Waals surface area (Å²) in [6.45, 7) is 1.84. The van der Waals surface area contributed by atoms with Gasteiger partial charge in [0.2, 0.25) is 5.91 Å². The molecule has 2 heterocycles. The van der Waals surface area contributed by atoms with Crippen LogP contribution in [0.1, 0.15) is 22.3 Å². The molecule has 32 heavy (non-hydrogen) atoms. The van der Waals surface area contributed by atoms with Crippen LogP contribution in [0, 0.1) is 12.8 Å². The lowest BCUT2D eigenvalue weighted by Crippen LogP contribution is -2.27. The largest absolute Gasteiger partial charge is 0.497 e. The van der Waals surface area contributed by atoms with E-state index in [1.54, 1.807) is 31.4 Å². The Morgan fingerprint density at radius 2 is 1.84 bits per heavy atom. The minimum Gasteiger partial charge on any atom is -0.497 e. The molecule has 0 bridgehead atoms. The number of carbonyl (C=O) groups excluding carboxylic acids is 3. The Morgan fingerprint density at radius 1 is 1.12 bits per heavy atom. The molecule has 0 spiro atoms. The van der Waals surface area contributed by atoms with E-state index < -0.39 is 11.9 Å². The first-order chi connectivity index (χ1) is 15.4. The van der Waals surface area contributed by atoms with Crippen molar-refractivity contribution >= 4 is 34.1 Å². The maximum atomic E-state index is 12.5. The van der Waals surface area contributed by atoms with Gasteiger partial charge in [-0.15, -0.1) is 11.3 Å². The highest BCUT2D eigenvalue weighted by Gasteiger charge is 2.37. The van der Waals surface area contributed by atoms with E-state index in [4.69, 9.17) is 9.47 Å². The lowest BCUT2D eigenvalue weighted by atomic mass is 10.1. The molecule has 1 saturated heterocycles. The number of hydrogen-bond donors (Lipinski definition) is 0. The second kappa shape index (κ2) is 9.32. The van der Waals surface area contributed by atoms with Crippen LogP contribution in [0.5, 0.6) is 5.75 Å². The molecule has 1 fully saturated rings. The van der Waals surface area contributed by atoms with Crippen molar-refractivity contribution in [2.24, 2.45) is 5.92 Å².